The van der Waals surface area contributed by atoms with Crippen molar-refractivity contribution < 1.29 is 14.3 Å². The van der Waals surface area contributed by atoms with Crippen LogP contribution in [0, 0.1) is 0 Å². The minimum atomic E-state index is -0.417. The van der Waals surface area contributed by atoms with Crippen LogP contribution in [0.4, 0.5) is 4.79 Å². The lowest BCUT2D eigenvalue weighted by Crippen LogP contribution is -2.32. The molecule has 25 heavy (non-hydrogen) atoms. The molecule has 0 radical (unpaired) electrons. The van der Waals surface area contributed by atoms with Crippen molar-refractivity contribution in [3.05, 3.63) is 29.8 Å². The van der Waals surface area contributed by atoms with Gasteiger partial charge in [0.25, 0.3) is 0 Å². The van der Waals surface area contributed by atoms with Crippen LogP contribution in [0.2, 0.25) is 0 Å². The summed E-state index contributed by atoms with van der Waals surface area (Å²) in [5.41, 5.74) is 0.846. The first-order valence-electron chi connectivity index (χ1n) is 9.65. The van der Waals surface area contributed by atoms with Crippen LogP contribution in [0.25, 0.3) is 0 Å². The number of unbranched alkanes of at least 4 members (excludes halogenated alkanes) is 4. The number of carbonyl (C=O) groups is 1. The summed E-state index contributed by atoms with van der Waals surface area (Å²) in [5.74, 6) is 0.887. The van der Waals surface area contributed by atoms with E-state index in [4.69, 9.17) is 9.47 Å². The lowest BCUT2D eigenvalue weighted by Gasteiger charge is -2.31. The molecule has 0 fully saturated rings. The molecule has 0 saturated carbocycles. The van der Waals surface area contributed by atoms with Crippen LogP contribution in [0.1, 0.15) is 77.7 Å². The van der Waals surface area contributed by atoms with Crippen molar-refractivity contribution in [2.45, 2.75) is 84.3 Å². The summed E-state index contributed by atoms with van der Waals surface area (Å²) in [6.07, 6.45) is 9.16. The molecule has 1 unspecified atom stereocenters. The zero-order valence-electron chi connectivity index (χ0n) is 16.4. The summed E-state index contributed by atoms with van der Waals surface area (Å²) in [7, 11) is 1.55. The zero-order valence-corrected chi connectivity index (χ0v) is 16.4. The molecule has 1 aromatic rings. The van der Waals surface area contributed by atoms with Gasteiger partial charge in [0.05, 0.1) is 0 Å². The Morgan fingerprint density at radius 3 is 2.24 bits per heavy atom. The predicted molar refractivity (Wildman–Crippen MR) is 103 cm³/mol. The van der Waals surface area contributed by atoms with Gasteiger partial charge in [-0.1, -0.05) is 51.7 Å². The fraction of sp³-hybridized carbons (Fsp3) is 0.667. The van der Waals surface area contributed by atoms with Gasteiger partial charge in [-0.2, -0.15) is 0 Å². The Bertz CT molecular complexity index is 486. The summed E-state index contributed by atoms with van der Waals surface area (Å²) in [4.78, 5) is 11.1. The molecule has 0 aliphatic heterocycles. The van der Waals surface area contributed by atoms with Crippen LogP contribution in [-0.2, 0) is 11.3 Å². The Hall–Kier alpha value is -1.71. The minimum absolute atomic E-state index is 0.107. The van der Waals surface area contributed by atoms with Crippen LogP contribution >= 0.6 is 0 Å². The van der Waals surface area contributed by atoms with E-state index in [0.29, 0.717) is 0 Å². The molecule has 0 spiro atoms. The number of amides is 1. The van der Waals surface area contributed by atoms with E-state index < -0.39 is 6.09 Å². The van der Waals surface area contributed by atoms with Crippen molar-refractivity contribution in [1.29, 1.82) is 0 Å². The minimum Gasteiger partial charge on any atom is -0.488 e. The first-order chi connectivity index (χ1) is 12.0. The third-order valence-electron chi connectivity index (χ3n) is 4.48. The van der Waals surface area contributed by atoms with Crippen LogP contribution in [-0.4, -0.2) is 18.7 Å². The van der Waals surface area contributed by atoms with Gasteiger partial charge >= 0.3 is 6.09 Å². The lowest BCUT2D eigenvalue weighted by molar-refractivity contribution is 0.0642. The van der Waals surface area contributed by atoms with Crippen LogP contribution < -0.4 is 10.1 Å². The maximum absolute atomic E-state index is 11.1. The topological polar surface area (TPSA) is 47.6 Å². The van der Waals surface area contributed by atoms with Gasteiger partial charge in [0.1, 0.15) is 18.0 Å². The van der Waals surface area contributed by atoms with Gasteiger partial charge in [0, 0.05) is 7.05 Å². The van der Waals surface area contributed by atoms with E-state index >= 15 is 0 Å². The summed E-state index contributed by atoms with van der Waals surface area (Å²) < 4.78 is 11.4. The van der Waals surface area contributed by atoms with Gasteiger partial charge in [0.2, 0.25) is 0 Å². The maximum Gasteiger partial charge on any atom is 0.407 e. The van der Waals surface area contributed by atoms with Gasteiger partial charge in [-0.15, -0.1) is 0 Å². The Morgan fingerprint density at radius 2 is 1.64 bits per heavy atom. The fourth-order valence-corrected chi connectivity index (χ4v) is 2.86. The monoisotopic (exact) mass is 349 g/mol. The van der Waals surface area contributed by atoms with Crippen LogP contribution in [0.15, 0.2) is 24.3 Å². The van der Waals surface area contributed by atoms with E-state index in [-0.39, 0.29) is 12.2 Å². The maximum atomic E-state index is 11.1. The normalized spacial score (nSPS) is 13.1. The summed E-state index contributed by atoms with van der Waals surface area (Å²) >= 11 is 0. The molecule has 4 heteroatoms. The molecule has 0 heterocycles. The number of nitrogens with one attached hydrogen (secondary N) is 1. The average Bonchev–Trinajstić information content (AvgIpc) is 2.63. The van der Waals surface area contributed by atoms with Crippen LogP contribution in [0.5, 0.6) is 5.75 Å². The number of alkyl carbamates (subject to hydrolysis) is 1. The molecule has 1 rings (SSSR count). The number of hydrogen-bond acceptors (Lipinski definition) is 3. The highest BCUT2D eigenvalue weighted by Crippen LogP contribution is 2.29. The molecule has 0 saturated heterocycles. The van der Waals surface area contributed by atoms with Gasteiger partial charge < -0.3 is 14.8 Å². The van der Waals surface area contributed by atoms with Crippen molar-refractivity contribution in [2.24, 2.45) is 0 Å². The summed E-state index contributed by atoms with van der Waals surface area (Å²) in [6.45, 7) is 6.96. The first-order valence-corrected chi connectivity index (χ1v) is 9.65. The van der Waals surface area contributed by atoms with Crippen molar-refractivity contribution in [3.8, 4) is 5.75 Å². The fourth-order valence-electron chi connectivity index (χ4n) is 2.86. The van der Waals surface area contributed by atoms with Crippen molar-refractivity contribution in [2.75, 3.05) is 7.05 Å². The zero-order chi connectivity index (χ0) is 18.5. The lowest BCUT2D eigenvalue weighted by atomic mass is 9.92. The Balaban J connectivity index is 2.61. The smallest absolute Gasteiger partial charge is 0.407 e. The van der Waals surface area contributed by atoms with E-state index in [0.717, 1.165) is 24.2 Å². The van der Waals surface area contributed by atoms with Gasteiger partial charge in [-0.25, -0.2) is 4.79 Å². The third-order valence-corrected chi connectivity index (χ3v) is 4.48. The van der Waals surface area contributed by atoms with Crippen molar-refractivity contribution >= 4 is 6.09 Å². The molecule has 0 aliphatic rings. The number of carbonyl (C=O) groups excluding carboxylic acids is 1. The van der Waals surface area contributed by atoms with E-state index in [9.17, 15) is 4.79 Å². The Labute approximate surface area is 153 Å². The van der Waals surface area contributed by atoms with E-state index in [2.05, 4.69) is 26.1 Å². The molecule has 0 aliphatic carbocycles. The molecule has 1 aromatic carbocycles. The summed E-state index contributed by atoms with van der Waals surface area (Å²) in [5, 5.41) is 2.44. The second-order valence-electron chi connectivity index (χ2n) is 6.94. The first kappa shape index (κ1) is 21.3. The van der Waals surface area contributed by atoms with Crippen molar-refractivity contribution in [3.63, 3.8) is 0 Å². The highest BCUT2D eigenvalue weighted by Gasteiger charge is 2.25. The molecule has 0 bridgehead atoms. The number of hydrogen-bond donors (Lipinski definition) is 1. The largest absolute Gasteiger partial charge is 0.488 e. The standard InChI is InChI=1S/C21H35NO3/c1-5-7-9-10-16-21(3,15-8-6-2)25-19-13-11-18(12-14-19)17-24-20(23)22-4/h11-14H,5-10,15-17H2,1-4H3,(H,22,23). The number of ether oxygens (including phenoxy) is 2. The van der Waals surface area contributed by atoms with Crippen molar-refractivity contribution in [1.82, 2.24) is 5.32 Å². The number of rotatable bonds is 12. The summed E-state index contributed by atoms with van der Waals surface area (Å²) in [6, 6.07) is 7.85. The van der Waals surface area contributed by atoms with Gasteiger partial charge in [-0.3, -0.25) is 0 Å². The van der Waals surface area contributed by atoms with E-state index in [1.807, 2.05) is 24.3 Å². The van der Waals surface area contributed by atoms with Gasteiger partial charge in [-0.05, 0) is 50.3 Å². The van der Waals surface area contributed by atoms with E-state index in [1.165, 1.54) is 38.5 Å². The predicted octanol–water partition coefficient (Wildman–Crippen LogP) is 5.84. The molecule has 1 amide bonds. The van der Waals surface area contributed by atoms with Crippen LogP contribution in [0.3, 0.4) is 0 Å². The molecule has 4 nitrogen and oxygen atoms in total. The second-order valence-corrected chi connectivity index (χ2v) is 6.94. The SMILES string of the molecule is CCCCCCC(C)(CCCC)Oc1ccc(COC(=O)NC)cc1. The van der Waals surface area contributed by atoms with Gasteiger partial charge in [0.15, 0.2) is 0 Å². The quantitative estimate of drug-likeness (QED) is 0.482. The molecule has 1 N–H and O–H groups in total. The molecular weight excluding hydrogens is 314 g/mol. The molecule has 142 valence electrons. The average molecular weight is 350 g/mol. The second kappa shape index (κ2) is 11.8. The molecule has 0 aromatic heterocycles. The Kier molecular flexibility index (Phi) is 10.0. The highest BCUT2D eigenvalue weighted by molar-refractivity contribution is 5.66. The number of benzene rings is 1. The molecule has 1 atom stereocenters. The highest BCUT2D eigenvalue weighted by atomic mass is 16.5. The third kappa shape index (κ3) is 8.80. The Morgan fingerprint density at radius 1 is 1.00 bits per heavy atom. The molecular formula is C21H35NO3. The van der Waals surface area contributed by atoms with E-state index in [1.54, 1.807) is 7.05 Å².